The van der Waals surface area contributed by atoms with E-state index in [2.05, 4.69) is 10.6 Å². The van der Waals surface area contributed by atoms with Crippen LogP contribution >= 0.6 is 0 Å². The Hall–Kier alpha value is -1.58. The van der Waals surface area contributed by atoms with Gasteiger partial charge < -0.3 is 10.6 Å². The Morgan fingerprint density at radius 1 is 1.33 bits per heavy atom. The number of anilines is 2. The zero-order chi connectivity index (χ0) is 11.3. The highest BCUT2D eigenvalue weighted by Gasteiger charge is 1.98. The van der Waals surface area contributed by atoms with Crippen molar-refractivity contribution in [3.63, 3.8) is 0 Å². The van der Waals surface area contributed by atoms with Gasteiger partial charge in [0, 0.05) is 24.8 Å². The number of hydrogen-bond donors (Lipinski definition) is 2. The van der Waals surface area contributed by atoms with Crippen molar-refractivity contribution in [2.45, 2.75) is 20.0 Å². The maximum atomic E-state index is 12.5. The van der Waals surface area contributed by atoms with Crippen LogP contribution in [0.25, 0.3) is 0 Å². The van der Waals surface area contributed by atoms with Crippen LogP contribution < -0.4 is 10.6 Å². The molecule has 1 atom stereocenters. The summed E-state index contributed by atoms with van der Waals surface area (Å²) in [4.78, 5) is 10.7. The molecule has 0 saturated carbocycles. The number of carbonyl (C=O) groups is 1. The van der Waals surface area contributed by atoms with Crippen LogP contribution in [0.2, 0.25) is 0 Å². The predicted molar refractivity (Wildman–Crippen MR) is 59.8 cm³/mol. The molecule has 1 aromatic rings. The summed E-state index contributed by atoms with van der Waals surface area (Å²) in [5.41, 5.74) is 1.58. The Kier molecular flexibility index (Phi) is 4.09. The van der Waals surface area contributed by atoms with Gasteiger partial charge >= 0.3 is 0 Å². The van der Waals surface area contributed by atoms with Crippen molar-refractivity contribution in [3.8, 4) is 0 Å². The van der Waals surface area contributed by atoms with Crippen molar-refractivity contribution < 1.29 is 9.18 Å². The monoisotopic (exact) mass is 210 g/mol. The first kappa shape index (κ1) is 11.5. The molecule has 3 nitrogen and oxygen atoms in total. The molecule has 0 aromatic heterocycles. The van der Waals surface area contributed by atoms with Gasteiger partial charge in [0.2, 0.25) is 5.91 Å². The number of carbonyl (C=O) groups excluding carboxylic acids is 1. The van der Waals surface area contributed by atoms with Crippen LogP contribution in [0.3, 0.4) is 0 Å². The highest BCUT2D eigenvalue weighted by atomic mass is 19.1. The lowest BCUT2D eigenvalue weighted by Gasteiger charge is -2.08. The minimum Gasteiger partial charge on any atom is -0.382 e. The largest absolute Gasteiger partial charge is 0.382 e. The van der Waals surface area contributed by atoms with Crippen molar-refractivity contribution in [3.05, 3.63) is 24.3 Å². The molecule has 1 rings (SSSR count). The molecule has 0 aliphatic rings. The second kappa shape index (κ2) is 5.34. The zero-order valence-corrected chi connectivity index (χ0v) is 8.88. The molecule has 0 spiro atoms. The fourth-order valence-corrected chi connectivity index (χ4v) is 1.13. The van der Waals surface area contributed by atoms with Crippen molar-refractivity contribution in [2.75, 3.05) is 17.2 Å². The predicted octanol–water partition coefficient (Wildman–Crippen LogP) is 2.41. The molecule has 0 aliphatic heterocycles. The third-order valence-electron chi connectivity index (χ3n) is 1.79. The van der Waals surface area contributed by atoms with Gasteiger partial charge in [-0.05, 0) is 31.2 Å². The van der Waals surface area contributed by atoms with Crippen molar-refractivity contribution in [1.29, 1.82) is 0 Å². The molecule has 4 heteroatoms. The van der Waals surface area contributed by atoms with Crippen LogP contribution in [0.5, 0.6) is 0 Å². The SMILES string of the molecule is CC(=O)Nc1ccc(NCC(C)F)cc1. The van der Waals surface area contributed by atoms with Crippen LogP contribution in [-0.4, -0.2) is 18.6 Å². The van der Waals surface area contributed by atoms with Crippen LogP contribution in [-0.2, 0) is 4.79 Å². The van der Waals surface area contributed by atoms with Gasteiger partial charge in [0.1, 0.15) is 6.17 Å². The summed E-state index contributed by atoms with van der Waals surface area (Å²) < 4.78 is 12.5. The van der Waals surface area contributed by atoms with Gasteiger partial charge in [-0.25, -0.2) is 4.39 Å². The number of amides is 1. The minimum absolute atomic E-state index is 0.104. The maximum Gasteiger partial charge on any atom is 0.221 e. The first-order valence-corrected chi connectivity index (χ1v) is 4.83. The van der Waals surface area contributed by atoms with E-state index in [4.69, 9.17) is 0 Å². The quantitative estimate of drug-likeness (QED) is 0.801. The van der Waals surface area contributed by atoms with E-state index < -0.39 is 6.17 Å². The summed E-state index contributed by atoms with van der Waals surface area (Å²) in [5, 5.41) is 5.59. The van der Waals surface area contributed by atoms with Crippen LogP contribution in [0, 0.1) is 0 Å². The Morgan fingerprint density at radius 3 is 2.33 bits per heavy atom. The lowest BCUT2D eigenvalue weighted by molar-refractivity contribution is -0.114. The molecule has 1 unspecified atom stereocenters. The Morgan fingerprint density at radius 2 is 1.87 bits per heavy atom. The second-order valence-electron chi connectivity index (χ2n) is 3.42. The van der Waals surface area contributed by atoms with Crippen LogP contribution in [0.15, 0.2) is 24.3 Å². The van der Waals surface area contributed by atoms with Crippen molar-refractivity contribution >= 4 is 17.3 Å². The highest BCUT2D eigenvalue weighted by Crippen LogP contribution is 2.13. The lowest BCUT2D eigenvalue weighted by atomic mass is 10.2. The molecule has 15 heavy (non-hydrogen) atoms. The molecule has 0 saturated heterocycles. The molecule has 2 N–H and O–H groups in total. The molecule has 0 bridgehead atoms. The van der Waals surface area contributed by atoms with Gasteiger partial charge in [0.25, 0.3) is 0 Å². The Balaban J connectivity index is 2.52. The van der Waals surface area contributed by atoms with Crippen LogP contribution in [0.1, 0.15) is 13.8 Å². The standard InChI is InChI=1S/C11H15FN2O/c1-8(12)7-13-10-3-5-11(6-4-10)14-9(2)15/h3-6,8,13H,7H2,1-2H3,(H,14,15). The summed E-state index contributed by atoms with van der Waals surface area (Å²) >= 11 is 0. The summed E-state index contributed by atoms with van der Waals surface area (Å²) in [6, 6.07) is 7.14. The minimum atomic E-state index is -0.875. The second-order valence-corrected chi connectivity index (χ2v) is 3.42. The van der Waals surface area contributed by atoms with E-state index in [1.165, 1.54) is 13.8 Å². The van der Waals surface area contributed by atoms with Gasteiger partial charge in [-0.2, -0.15) is 0 Å². The fourth-order valence-electron chi connectivity index (χ4n) is 1.13. The summed E-state index contributed by atoms with van der Waals surface area (Å²) in [6.45, 7) is 3.25. The van der Waals surface area contributed by atoms with Gasteiger partial charge in [-0.1, -0.05) is 0 Å². The van der Waals surface area contributed by atoms with E-state index in [-0.39, 0.29) is 5.91 Å². The average molecular weight is 210 g/mol. The fraction of sp³-hybridized carbons (Fsp3) is 0.364. The topological polar surface area (TPSA) is 41.1 Å². The molecular formula is C11H15FN2O. The van der Waals surface area contributed by atoms with E-state index in [1.54, 1.807) is 24.3 Å². The summed E-state index contributed by atoms with van der Waals surface area (Å²) in [5.74, 6) is -0.104. The molecule has 0 heterocycles. The normalized spacial score (nSPS) is 11.9. The Bertz CT molecular complexity index is 322. The molecule has 82 valence electrons. The summed E-state index contributed by atoms with van der Waals surface area (Å²) in [6.07, 6.45) is -0.875. The number of halogens is 1. The smallest absolute Gasteiger partial charge is 0.221 e. The summed E-state index contributed by atoms with van der Waals surface area (Å²) in [7, 11) is 0. The maximum absolute atomic E-state index is 12.5. The van der Waals surface area contributed by atoms with E-state index in [0.717, 1.165) is 11.4 Å². The molecule has 1 aromatic carbocycles. The molecule has 0 aliphatic carbocycles. The molecule has 0 fully saturated rings. The van der Waals surface area contributed by atoms with Crippen molar-refractivity contribution in [2.24, 2.45) is 0 Å². The number of alkyl halides is 1. The third kappa shape index (κ3) is 4.44. The molecule has 1 amide bonds. The Labute approximate surface area is 88.7 Å². The number of hydrogen-bond acceptors (Lipinski definition) is 2. The molecule has 0 radical (unpaired) electrons. The first-order chi connectivity index (χ1) is 7.08. The first-order valence-electron chi connectivity index (χ1n) is 4.83. The van der Waals surface area contributed by atoms with E-state index in [0.29, 0.717) is 6.54 Å². The van der Waals surface area contributed by atoms with Crippen molar-refractivity contribution in [1.82, 2.24) is 0 Å². The van der Waals surface area contributed by atoms with Gasteiger partial charge in [-0.3, -0.25) is 4.79 Å². The van der Waals surface area contributed by atoms with Crippen LogP contribution in [0.4, 0.5) is 15.8 Å². The lowest BCUT2D eigenvalue weighted by Crippen LogP contribution is -2.11. The van der Waals surface area contributed by atoms with Gasteiger partial charge in [0.05, 0.1) is 0 Å². The zero-order valence-electron chi connectivity index (χ0n) is 8.88. The average Bonchev–Trinajstić information content (AvgIpc) is 2.16. The van der Waals surface area contributed by atoms with Gasteiger partial charge in [-0.15, -0.1) is 0 Å². The third-order valence-corrected chi connectivity index (χ3v) is 1.79. The number of rotatable bonds is 4. The molecular weight excluding hydrogens is 195 g/mol. The van der Waals surface area contributed by atoms with E-state index in [1.807, 2.05) is 0 Å². The van der Waals surface area contributed by atoms with Gasteiger partial charge in [0.15, 0.2) is 0 Å². The van der Waals surface area contributed by atoms with E-state index >= 15 is 0 Å². The highest BCUT2D eigenvalue weighted by molar-refractivity contribution is 5.88. The van der Waals surface area contributed by atoms with E-state index in [9.17, 15) is 9.18 Å². The number of benzene rings is 1. The number of nitrogens with one attached hydrogen (secondary N) is 2.